The lowest BCUT2D eigenvalue weighted by Gasteiger charge is -2.18. The summed E-state index contributed by atoms with van der Waals surface area (Å²) in [7, 11) is 0. The van der Waals surface area contributed by atoms with Crippen LogP contribution in [0.3, 0.4) is 0 Å². The van der Waals surface area contributed by atoms with E-state index in [1.54, 1.807) is 4.90 Å². The molecule has 0 bridgehead atoms. The molecule has 1 heterocycles. The Bertz CT molecular complexity index is 465. The highest BCUT2D eigenvalue weighted by atomic mass is 16.3. The Morgan fingerprint density at radius 2 is 2.21 bits per heavy atom. The highest BCUT2D eigenvalue weighted by Crippen LogP contribution is 2.31. The van der Waals surface area contributed by atoms with Crippen LogP contribution in [0.1, 0.15) is 43.1 Å². The molecule has 1 aliphatic carbocycles. The topological polar surface area (TPSA) is 75.4 Å². The summed E-state index contributed by atoms with van der Waals surface area (Å²) in [6.07, 6.45) is 3.28. The Balaban J connectivity index is 1.97. The van der Waals surface area contributed by atoms with Crippen molar-refractivity contribution in [2.45, 2.75) is 33.2 Å². The monoisotopic (exact) mass is 265 g/mol. The van der Waals surface area contributed by atoms with E-state index in [4.69, 9.17) is 4.42 Å². The number of hydrogen-bond donors (Lipinski definition) is 1. The van der Waals surface area contributed by atoms with Gasteiger partial charge in [-0.1, -0.05) is 0 Å². The van der Waals surface area contributed by atoms with Crippen molar-refractivity contribution in [1.29, 1.82) is 0 Å². The van der Waals surface area contributed by atoms with Crippen LogP contribution in [0.4, 0.5) is 0 Å². The molecule has 0 aromatic carbocycles. The minimum Gasteiger partial charge on any atom is -0.446 e. The summed E-state index contributed by atoms with van der Waals surface area (Å²) in [6.45, 7) is 5.25. The Kier molecular flexibility index (Phi) is 4.19. The minimum atomic E-state index is -0.255. The normalized spacial score (nSPS) is 14.2. The molecule has 2 rings (SSSR count). The van der Waals surface area contributed by atoms with E-state index in [0.29, 0.717) is 25.5 Å². The molecule has 6 heteroatoms. The van der Waals surface area contributed by atoms with E-state index in [9.17, 15) is 9.59 Å². The van der Waals surface area contributed by atoms with Gasteiger partial charge < -0.3 is 14.6 Å². The predicted molar refractivity (Wildman–Crippen MR) is 68.3 cm³/mol. The zero-order valence-corrected chi connectivity index (χ0v) is 11.3. The Labute approximate surface area is 112 Å². The van der Waals surface area contributed by atoms with Crippen molar-refractivity contribution in [3.63, 3.8) is 0 Å². The second-order valence-electron chi connectivity index (χ2n) is 4.61. The Morgan fingerprint density at radius 1 is 1.47 bits per heavy atom. The molecule has 0 atom stereocenters. The van der Waals surface area contributed by atoms with Gasteiger partial charge in [0.05, 0.1) is 6.54 Å². The van der Waals surface area contributed by atoms with E-state index >= 15 is 0 Å². The standard InChI is InChI=1S/C13H19N3O3/c1-3-14-12(17)10-8-19-11(15-10)7-16(4-2)13(18)9-5-6-9/h8-9H,3-7H2,1-2H3,(H,14,17). The summed E-state index contributed by atoms with van der Waals surface area (Å²) in [5.74, 6) is 0.476. The molecule has 0 unspecified atom stereocenters. The number of carbonyl (C=O) groups excluding carboxylic acids is 2. The van der Waals surface area contributed by atoms with Crippen LogP contribution < -0.4 is 5.32 Å². The molecule has 1 N–H and O–H groups in total. The maximum atomic E-state index is 12.0. The first-order valence-corrected chi connectivity index (χ1v) is 6.67. The van der Waals surface area contributed by atoms with Gasteiger partial charge in [0.2, 0.25) is 11.8 Å². The summed E-state index contributed by atoms with van der Waals surface area (Å²) in [5.41, 5.74) is 0.256. The van der Waals surface area contributed by atoms with Gasteiger partial charge in [-0.05, 0) is 26.7 Å². The number of amides is 2. The van der Waals surface area contributed by atoms with Crippen molar-refractivity contribution in [1.82, 2.24) is 15.2 Å². The molecular formula is C13H19N3O3. The van der Waals surface area contributed by atoms with Crippen LogP contribution in [0.25, 0.3) is 0 Å². The van der Waals surface area contributed by atoms with Crippen LogP contribution in [0, 0.1) is 5.92 Å². The van der Waals surface area contributed by atoms with Crippen LogP contribution in [0.2, 0.25) is 0 Å². The third kappa shape index (κ3) is 3.33. The number of rotatable bonds is 6. The average molecular weight is 265 g/mol. The predicted octanol–water partition coefficient (Wildman–Crippen LogP) is 1.18. The van der Waals surface area contributed by atoms with E-state index in [-0.39, 0.29) is 23.4 Å². The highest BCUT2D eigenvalue weighted by molar-refractivity contribution is 5.91. The maximum absolute atomic E-state index is 12.0. The van der Waals surface area contributed by atoms with Crippen molar-refractivity contribution >= 4 is 11.8 Å². The molecule has 1 aromatic rings. The lowest BCUT2D eigenvalue weighted by molar-refractivity contribution is -0.133. The van der Waals surface area contributed by atoms with Crippen LogP contribution in [-0.4, -0.2) is 34.8 Å². The zero-order chi connectivity index (χ0) is 13.8. The van der Waals surface area contributed by atoms with Gasteiger partial charge >= 0.3 is 0 Å². The summed E-state index contributed by atoms with van der Waals surface area (Å²) >= 11 is 0. The van der Waals surface area contributed by atoms with Crippen LogP contribution in [0.15, 0.2) is 10.7 Å². The van der Waals surface area contributed by atoms with Gasteiger partial charge in [-0.25, -0.2) is 4.98 Å². The van der Waals surface area contributed by atoms with Gasteiger partial charge in [0.15, 0.2) is 5.69 Å². The number of aromatic nitrogens is 1. The smallest absolute Gasteiger partial charge is 0.273 e. The fraction of sp³-hybridized carbons (Fsp3) is 0.615. The number of oxazole rings is 1. The number of nitrogens with one attached hydrogen (secondary N) is 1. The second kappa shape index (κ2) is 5.86. The molecule has 2 amide bonds. The molecule has 1 aliphatic rings. The van der Waals surface area contributed by atoms with Crippen molar-refractivity contribution in [3.05, 3.63) is 17.8 Å². The first kappa shape index (κ1) is 13.6. The average Bonchev–Trinajstić information content (AvgIpc) is 3.15. The van der Waals surface area contributed by atoms with Gasteiger partial charge in [-0.2, -0.15) is 0 Å². The third-order valence-electron chi connectivity index (χ3n) is 3.07. The van der Waals surface area contributed by atoms with Crippen LogP contribution in [0.5, 0.6) is 0 Å². The summed E-state index contributed by atoms with van der Waals surface area (Å²) in [5, 5.41) is 2.65. The molecule has 1 saturated carbocycles. The van der Waals surface area contributed by atoms with Gasteiger partial charge in [0.1, 0.15) is 6.26 Å². The minimum absolute atomic E-state index is 0.153. The molecule has 1 fully saturated rings. The number of nitrogens with zero attached hydrogens (tertiary/aromatic N) is 2. The molecular weight excluding hydrogens is 246 g/mol. The fourth-order valence-corrected chi connectivity index (χ4v) is 1.84. The van der Waals surface area contributed by atoms with Crippen LogP contribution >= 0.6 is 0 Å². The Morgan fingerprint density at radius 3 is 2.79 bits per heavy atom. The van der Waals surface area contributed by atoms with Gasteiger partial charge in [-0.15, -0.1) is 0 Å². The van der Waals surface area contributed by atoms with Crippen molar-refractivity contribution < 1.29 is 14.0 Å². The Hall–Kier alpha value is -1.85. The SMILES string of the molecule is CCNC(=O)c1coc(CN(CC)C(=O)C2CC2)n1. The molecule has 0 aliphatic heterocycles. The van der Waals surface area contributed by atoms with Crippen molar-refractivity contribution in [2.24, 2.45) is 5.92 Å². The first-order chi connectivity index (χ1) is 9.15. The van der Waals surface area contributed by atoms with E-state index < -0.39 is 0 Å². The summed E-state index contributed by atoms with van der Waals surface area (Å²) in [4.78, 5) is 29.3. The lowest BCUT2D eigenvalue weighted by Crippen LogP contribution is -2.31. The van der Waals surface area contributed by atoms with E-state index in [2.05, 4.69) is 10.3 Å². The summed E-state index contributed by atoms with van der Waals surface area (Å²) in [6, 6.07) is 0. The van der Waals surface area contributed by atoms with Gasteiger partial charge in [0, 0.05) is 19.0 Å². The fourth-order valence-electron chi connectivity index (χ4n) is 1.84. The number of carbonyl (C=O) groups is 2. The first-order valence-electron chi connectivity index (χ1n) is 6.67. The largest absolute Gasteiger partial charge is 0.446 e. The third-order valence-corrected chi connectivity index (χ3v) is 3.07. The van der Waals surface area contributed by atoms with Crippen molar-refractivity contribution in [3.8, 4) is 0 Å². The van der Waals surface area contributed by atoms with E-state index in [1.165, 1.54) is 6.26 Å². The second-order valence-corrected chi connectivity index (χ2v) is 4.61. The quantitative estimate of drug-likeness (QED) is 0.838. The van der Waals surface area contributed by atoms with Gasteiger partial charge in [0.25, 0.3) is 5.91 Å². The molecule has 104 valence electrons. The lowest BCUT2D eigenvalue weighted by atomic mass is 10.3. The van der Waals surface area contributed by atoms with Crippen LogP contribution in [-0.2, 0) is 11.3 Å². The van der Waals surface area contributed by atoms with Crippen molar-refractivity contribution in [2.75, 3.05) is 13.1 Å². The number of hydrogen-bond acceptors (Lipinski definition) is 4. The zero-order valence-electron chi connectivity index (χ0n) is 11.3. The molecule has 1 aromatic heterocycles. The maximum Gasteiger partial charge on any atom is 0.273 e. The molecule has 19 heavy (non-hydrogen) atoms. The van der Waals surface area contributed by atoms with E-state index in [1.807, 2.05) is 13.8 Å². The van der Waals surface area contributed by atoms with Gasteiger partial charge in [-0.3, -0.25) is 9.59 Å². The molecule has 0 spiro atoms. The highest BCUT2D eigenvalue weighted by Gasteiger charge is 2.33. The molecule has 6 nitrogen and oxygen atoms in total. The molecule has 0 saturated heterocycles. The molecule has 0 radical (unpaired) electrons. The van der Waals surface area contributed by atoms with E-state index in [0.717, 1.165) is 12.8 Å². The summed E-state index contributed by atoms with van der Waals surface area (Å²) < 4.78 is 5.25.